The van der Waals surface area contributed by atoms with Gasteiger partial charge in [-0.15, -0.1) is 11.3 Å². The van der Waals surface area contributed by atoms with Crippen LogP contribution in [-0.2, 0) is 4.79 Å². The van der Waals surface area contributed by atoms with E-state index in [2.05, 4.69) is 24.2 Å². The van der Waals surface area contributed by atoms with Crippen LogP contribution in [0.3, 0.4) is 0 Å². The molecule has 2 aromatic carbocycles. The molecule has 35 heavy (non-hydrogen) atoms. The molecule has 0 fully saturated rings. The van der Waals surface area contributed by atoms with Crippen molar-refractivity contribution in [3.8, 4) is 28.5 Å². The summed E-state index contributed by atoms with van der Waals surface area (Å²) in [6.07, 6.45) is 2.75. The monoisotopic (exact) mass is 494 g/mol. The first-order valence-electron chi connectivity index (χ1n) is 11.6. The zero-order valence-electron chi connectivity index (χ0n) is 20.4. The van der Waals surface area contributed by atoms with Crippen LogP contribution in [0.1, 0.15) is 32.8 Å². The number of carbonyl (C=O) groups excluding carboxylic acids is 1. The van der Waals surface area contributed by atoms with E-state index < -0.39 is 0 Å². The van der Waals surface area contributed by atoms with Crippen LogP contribution in [0, 0.1) is 5.92 Å². The van der Waals surface area contributed by atoms with E-state index >= 15 is 0 Å². The van der Waals surface area contributed by atoms with Gasteiger partial charge in [0, 0.05) is 17.5 Å². The molecule has 1 amide bonds. The maximum Gasteiger partial charge on any atom is 0.262 e. The van der Waals surface area contributed by atoms with Gasteiger partial charge in [-0.05, 0) is 61.2 Å². The van der Waals surface area contributed by atoms with Gasteiger partial charge in [-0.2, -0.15) is 5.10 Å². The molecular formula is C26H30N4O4S. The van der Waals surface area contributed by atoms with Gasteiger partial charge in [-0.1, -0.05) is 13.8 Å². The number of hydrogen-bond acceptors (Lipinski definition) is 7. The predicted octanol–water partition coefficient (Wildman–Crippen LogP) is 4.78. The Morgan fingerprint density at radius 2 is 2.09 bits per heavy atom. The van der Waals surface area contributed by atoms with Crippen LogP contribution in [0.15, 0.2) is 51.9 Å². The van der Waals surface area contributed by atoms with Crippen molar-refractivity contribution in [2.45, 2.75) is 27.2 Å². The lowest BCUT2D eigenvalue weighted by molar-refractivity contribution is -0.118. The van der Waals surface area contributed by atoms with Crippen molar-refractivity contribution in [1.82, 2.24) is 4.68 Å². The highest BCUT2D eigenvalue weighted by Gasteiger charge is 2.18. The minimum Gasteiger partial charge on any atom is -0.493 e. The first kappa shape index (κ1) is 24.5. The molecule has 0 radical (unpaired) electrons. The van der Waals surface area contributed by atoms with Gasteiger partial charge in [0.15, 0.2) is 18.1 Å². The van der Waals surface area contributed by atoms with Crippen LogP contribution in [-0.4, -0.2) is 43.7 Å². The average Bonchev–Trinajstić information content (AvgIpc) is 3.25. The summed E-state index contributed by atoms with van der Waals surface area (Å²) in [5.41, 5.74) is 3.28. The van der Waals surface area contributed by atoms with Gasteiger partial charge < -0.3 is 19.5 Å². The summed E-state index contributed by atoms with van der Waals surface area (Å²) in [5.74, 6) is 2.44. The molecule has 3 aromatic rings. The Kier molecular flexibility index (Phi) is 7.87. The average molecular weight is 495 g/mol. The standard InChI is InChI=1S/C26H30N4O4S/c1-5-27-26-30(21(16-35-26)19-7-9-22-20(13-19)29-25(31)15-34-22)28-14-18-6-8-23(24(12-18)32-4)33-11-10-17(2)3/h6-9,12-14,16-17H,5,10-11,15H2,1-4H3,(H,29,31). The predicted molar refractivity (Wildman–Crippen MR) is 139 cm³/mol. The van der Waals surface area contributed by atoms with Crippen LogP contribution in [0.25, 0.3) is 11.3 Å². The highest BCUT2D eigenvalue weighted by atomic mass is 32.1. The number of nitrogens with zero attached hydrogens (tertiary/aromatic N) is 3. The van der Waals surface area contributed by atoms with Gasteiger partial charge >= 0.3 is 0 Å². The maximum atomic E-state index is 11.8. The number of rotatable bonds is 9. The van der Waals surface area contributed by atoms with Crippen molar-refractivity contribution < 1.29 is 19.0 Å². The Hall–Kier alpha value is -3.59. The van der Waals surface area contributed by atoms with Crippen molar-refractivity contribution in [2.24, 2.45) is 16.0 Å². The number of hydrogen-bond donors (Lipinski definition) is 1. The molecular weight excluding hydrogens is 464 g/mol. The van der Waals surface area contributed by atoms with E-state index in [0.29, 0.717) is 42.0 Å². The molecule has 184 valence electrons. The Morgan fingerprint density at radius 1 is 1.23 bits per heavy atom. The molecule has 0 spiro atoms. The topological polar surface area (TPSA) is 86.4 Å². The normalized spacial score (nSPS) is 13.6. The number of anilines is 1. The van der Waals surface area contributed by atoms with Crippen LogP contribution in [0.5, 0.6) is 17.2 Å². The van der Waals surface area contributed by atoms with Gasteiger partial charge in [0.25, 0.3) is 5.91 Å². The number of amides is 1. The largest absolute Gasteiger partial charge is 0.493 e. The van der Waals surface area contributed by atoms with E-state index in [4.69, 9.17) is 19.3 Å². The van der Waals surface area contributed by atoms with E-state index in [1.54, 1.807) is 18.0 Å². The third-order valence-electron chi connectivity index (χ3n) is 5.35. The van der Waals surface area contributed by atoms with Crippen molar-refractivity contribution >= 4 is 29.1 Å². The second-order valence-electron chi connectivity index (χ2n) is 8.42. The number of thiazole rings is 1. The SMILES string of the molecule is CCN=c1scc(-c2ccc3c(c2)NC(=O)CO3)n1N=Cc1ccc(OCCC(C)C)c(OC)c1. The highest BCUT2D eigenvalue weighted by Crippen LogP contribution is 2.33. The molecule has 0 saturated carbocycles. The van der Waals surface area contributed by atoms with Crippen LogP contribution in [0.4, 0.5) is 5.69 Å². The quantitative estimate of drug-likeness (QED) is 0.434. The Morgan fingerprint density at radius 3 is 2.86 bits per heavy atom. The molecule has 1 aromatic heterocycles. The summed E-state index contributed by atoms with van der Waals surface area (Å²) in [6, 6.07) is 11.5. The van der Waals surface area contributed by atoms with Crippen LogP contribution in [0.2, 0.25) is 0 Å². The number of aromatic nitrogens is 1. The van der Waals surface area contributed by atoms with Crippen molar-refractivity contribution in [2.75, 3.05) is 32.2 Å². The zero-order valence-corrected chi connectivity index (χ0v) is 21.2. The molecule has 0 aliphatic carbocycles. The molecule has 2 heterocycles. The molecule has 1 aliphatic heterocycles. The Balaban J connectivity index is 1.64. The van der Waals surface area contributed by atoms with E-state index in [0.717, 1.165) is 28.0 Å². The third kappa shape index (κ3) is 5.92. The molecule has 0 unspecified atom stereocenters. The fourth-order valence-corrected chi connectivity index (χ4v) is 4.41. The Labute approximate surface area is 208 Å². The van der Waals surface area contributed by atoms with Crippen molar-refractivity contribution in [3.05, 3.63) is 52.1 Å². The van der Waals surface area contributed by atoms with Crippen molar-refractivity contribution in [1.29, 1.82) is 0 Å². The minimum absolute atomic E-state index is 0.0274. The van der Waals surface area contributed by atoms with E-state index in [1.807, 2.05) is 48.7 Å². The molecule has 1 aliphatic rings. The summed E-state index contributed by atoms with van der Waals surface area (Å²) >= 11 is 1.51. The molecule has 4 rings (SSSR count). The van der Waals surface area contributed by atoms with Crippen molar-refractivity contribution in [3.63, 3.8) is 0 Å². The third-order valence-corrected chi connectivity index (χ3v) is 6.20. The molecule has 8 nitrogen and oxygen atoms in total. The van der Waals surface area contributed by atoms with E-state index in [1.165, 1.54) is 11.3 Å². The van der Waals surface area contributed by atoms with Gasteiger partial charge in [0.05, 0.1) is 31.3 Å². The second-order valence-corrected chi connectivity index (χ2v) is 9.26. The van der Waals surface area contributed by atoms with Crippen LogP contribution < -0.4 is 24.3 Å². The fourth-order valence-electron chi connectivity index (χ4n) is 3.51. The van der Waals surface area contributed by atoms with Gasteiger partial charge in [0.2, 0.25) is 4.80 Å². The molecule has 1 N–H and O–H groups in total. The maximum absolute atomic E-state index is 11.8. The lowest BCUT2D eigenvalue weighted by Gasteiger charge is -2.18. The summed E-state index contributed by atoms with van der Waals surface area (Å²) in [6.45, 7) is 7.64. The minimum atomic E-state index is -0.168. The summed E-state index contributed by atoms with van der Waals surface area (Å²) < 4.78 is 18.7. The molecule has 0 saturated heterocycles. The number of nitrogens with one attached hydrogen (secondary N) is 1. The lowest BCUT2D eigenvalue weighted by atomic mass is 10.1. The van der Waals surface area contributed by atoms with E-state index in [-0.39, 0.29) is 12.5 Å². The molecule has 0 atom stereocenters. The highest BCUT2D eigenvalue weighted by molar-refractivity contribution is 7.07. The number of carbonyl (C=O) groups is 1. The summed E-state index contributed by atoms with van der Waals surface area (Å²) in [4.78, 5) is 17.1. The Bertz CT molecular complexity index is 1290. The lowest BCUT2D eigenvalue weighted by Crippen LogP contribution is -2.25. The van der Waals surface area contributed by atoms with Gasteiger partial charge in [0.1, 0.15) is 5.75 Å². The van der Waals surface area contributed by atoms with Gasteiger partial charge in [-0.3, -0.25) is 9.79 Å². The number of benzene rings is 2. The second kappa shape index (κ2) is 11.2. The number of methoxy groups -OCH3 is 1. The summed E-state index contributed by atoms with van der Waals surface area (Å²) in [5, 5.41) is 9.61. The zero-order chi connectivity index (χ0) is 24.8. The summed E-state index contributed by atoms with van der Waals surface area (Å²) in [7, 11) is 1.63. The number of ether oxygens (including phenoxy) is 3. The van der Waals surface area contributed by atoms with Gasteiger partial charge in [-0.25, -0.2) is 4.68 Å². The number of fused-ring (bicyclic) bond motifs is 1. The van der Waals surface area contributed by atoms with E-state index in [9.17, 15) is 4.79 Å². The van der Waals surface area contributed by atoms with Crippen LogP contribution >= 0.6 is 11.3 Å². The fraction of sp³-hybridized carbons (Fsp3) is 0.346. The smallest absolute Gasteiger partial charge is 0.262 e. The molecule has 9 heteroatoms. The first-order valence-corrected chi connectivity index (χ1v) is 12.5. The molecule has 0 bridgehead atoms. The first-order chi connectivity index (χ1) is 17.0.